The molecule has 0 aromatic heterocycles. The number of rotatable bonds is 28. The standard InChI is InChI=1S/C40H58O13/c1-5-47-37(43)29-26-34(30(25-33(29)42)38(44)48-6-2)51-22-19-15-11-12-16-20-24-53-36-28-31(39(45)49-7-3)35(27-32(36)40(46)50-8-4)52-23-18-14-10-9-13-17-21-41/h25-28,41-42H,5-24H2,1-4H3. The Morgan fingerprint density at radius 2 is 0.717 bits per heavy atom. The highest BCUT2D eigenvalue weighted by atomic mass is 16.6. The third-order valence-corrected chi connectivity index (χ3v) is 8.02. The van der Waals surface area contributed by atoms with Crippen LogP contribution in [-0.4, -0.2) is 86.9 Å². The first-order chi connectivity index (χ1) is 25.7. The van der Waals surface area contributed by atoms with Crippen LogP contribution in [0.15, 0.2) is 24.3 Å². The summed E-state index contributed by atoms with van der Waals surface area (Å²) < 4.78 is 38.4. The maximum absolute atomic E-state index is 12.9. The Hall–Kier alpha value is -4.52. The molecule has 0 saturated heterocycles. The molecule has 13 heteroatoms. The number of ether oxygens (including phenoxy) is 7. The highest BCUT2D eigenvalue weighted by molar-refractivity contribution is 5.99. The number of aliphatic hydroxyl groups excluding tert-OH is 1. The molecule has 13 nitrogen and oxygen atoms in total. The van der Waals surface area contributed by atoms with Crippen molar-refractivity contribution < 1.29 is 62.5 Å². The van der Waals surface area contributed by atoms with E-state index in [1.807, 2.05) is 0 Å². The predicted molar refractivity (Wildman–Crippen MR) is 197 cm³/mol. The van der Waals surface area contributed by atoms with E-state index in [-0.39, 0.29) is 79.1 Å². The minimum Gasteiger partial charge on any atom is -0.507 e. The zero-order chi connectivity index (χ0) is 38.8. The van der Waals surface area contributed by atoms with Gasteiger partial charge in [0.1, 0.15) is 45.3 Å². The van der Waals surface area contributed by atoms with E-state index in [1.165, 1.54) is 18.2 Å². The molecule has 0 saturated carbocycles. The van der Waals surface area contributed by atoms with E-state index in [1.54, 1.807) is 27.7 Å². The first-order valence-electron chi connectivity index (χ1n) is 18.9. The zero-order valence-corrected chi connectivity index (χ0v) is 31.8. The van der Waals surface area contributed by atoms with Crippen molar-refractivity contribution in [1.29, 1.82) is 0 Å². The molecule has 0 aliphatic carbocycles. The molecule has 53 heavy (non-hydrogen) atoms. The summed E-state index contributed by atoms with van der Waals surface area (Å²) >= 11 is 0. The average molecular weight is 747 g/mol. The number of phenols is 1. The van der Waals surface area contributed by atoms with Crippen LogP contribution in [0.3, 0.4) is 0 Å². The van der Waals surface area contributed by atoms with Crippen molar-refractivity contribution in [2.45, 2.75) is 105 Å². The van der Waals surface area contributed by atoms with E-state index in [4.69, 9.17) is 38.3 Å². The van der Waals surface area contributed by atoms with Crippen LogP contribution in [0.2, 0.25) is 0 Å². The number of carbonyl (C=O) groups is 4. The Morgan fingerprint density at radius 3 is 1.06 bits per heavy atom. The summed E-state index contributed by atoms with van der Waals surface area (Å²) in [6, 6.07) is 5.44. The van der Waals surface area contributed by atoms with Crippen LogP contribution in [0, 0.1) is 0 Å². The molecule has 0 aliphatic rings. The lowest BCUT2D eigenvalue weighted by Crippen LogP contribution is -2.14. The van der Waals surface area contributed by atoms with Crippen molar-refractivity contribution in [3.05, 3.63) is 46.5 Å². The van der Waals surface area contributed by atoms with Gasteiger partial charge in [-0.05, 0) is 77.6 Å². The smallest absolute Gasteiger partial charge is 0.342 e. The monoisotopic (exact) mass is 746 g/mol. The normalized spacial score (nSPS) is 10.7. The fourth-order valence-corrected chi connectivity index (χ4v) is 5.34. The molecule has 0 heterocycles. The molecule has 2 aromatic carbocycles. The van der Waals surface area contributed by atoms with Crippen molar-refractivity contribution in [3.63, 3.8) is 0 Å². The molecule has 2 N–H and O–H groups in total. The molecule has 2 rings (SSSR count). The van der Waals surface area contributed by atoms with Gasteiger partial charge in [-0.1, -0.05) is 51.4 Å². The molecule has 0 bridgehead atoms. The van der Waals surface area contributed by atoms with E-state index in [0.29, 0.717) is 26.1 Å². The van der Waals surface area contributed by atoms with Gasteiger partial charge in [0, 0.05) is 6.61 Å². The molecular weight excluding hydrogens is 688 g/mol. The first kappa shape index (κ1) is 44.6. The zero-order valence-electron chi connectivity index (χ0n) is 31.8. The summed E-state index contributed by atoms with van der Waals surface area (Å²) in [5.74, 6) is -2.33. The topological polar surface area (TPSA) is 173 Å². The maximum Gasteiger partial charge on any atom is 0.342 e. The van der Waals surface area contributed by atoms with E-state index in [0.717, 1.165) is 70.3 Å². The van der Waals surface area contributed by atoms with E-state index in [9.17, 15) is 24.3 Å². The quantitative estimate of drug-likeness (QED) is 0.0495. The lowest BCUT2D eigenvalue weighted by Gasteiger charge is -2.17. The van der Waals surface area contributed by atoms with Crippen LogP contribution < -0.4 is 14.2 Å². The van der Waals surface area contributed by atoms with Crippen LogP contribution in [-0.2, 0) is 18.9 Å². The number of hydrogen-bond donors (Lipinski definition) is 2. The number of aliphatic hydroxyl groups is 1. The Morgan fingerprint density at radius 1 is 0.434 bits per heavy atom. The average Bonchev–Trinajstić information content (AvgIpc) is 3.14. The van der Waals surface area contributed by atoms with Crippen LogP contribution >= 0.6 is 0 Å². The molecule has 0 aliphatic heterocycles. The number of benzene rings is 2. The fraction of sp³-hybridized carbons (Fsp3) is 0.600. The molecule has 0 atom stereocenters. The largest absolute Gasteiger partial charge is 0.507 e. The van der Waals surface area contributed by atoms with Gasteiger partial charge in [0.2, 0.25) is 0 Å². The molecule has 0 fully saturated rings. The van der Waals surface area contributed by atoms with Crippen molar-refractivity contribution in [2.75, 3.05) is 52.9 Å². The maximum atomic E-state index is 12.9. The summed E-state index contributed by atoms with van der Waals surface area (Å²) in [6.45, 7) is 8.53. The van der Waals surface area contributed by atoms with Gasteiger partial charge in [0.05, 0.1) is 46.2 Å². The molecule has 0 amide bonds. The van der Waals surface area contributed by atoms with Gasteiger partial charge in [-0.25, -0.2) is 19.2 Å². The Bertz CT molecular complexity index is 1420. The SMILES string of the molecule is CCOC(=O)c1cc(OCCCCCCCCOc2cc(C(=O)OCC)c(OCCCCCCCCO)cc2C(=O)OCC)c(C(=O)OCC)cc1O. The number of esters is 4. The first-order valence-corrected chi connectivity index (χ1v) is 18.9. The number of unbranched alkanes of at least 4 members (excludes halogenated alkanes) is 10. The van der Waals surface area contributed by atoms with E-state index < -0.39 is 29.6 Å². The van der Waals surface area contributed by atoms with Gasteiger partial charge in [0.25, 0.3) is 0 Å². The van der Waals surface area contributed by atoms with Crippen molar-refractivity contribution in [3.8, 4) is 23.0 Å². The fourth-order valence-electron chi connectivity index (χ4n) is 5.34. The minimum absolute atomic E-state index is 0.0251. The second-order valence-electron chi connectivity index (χ2n) is 12.1. The second-order valence-corrected chi connectivity index (χ2v) is 12.1. The van der Waals surface area contributed by atoms with Crippen LogP contribution in [0.25, 0.3) is 0 Å². The van der Waals surface area contributed by atoms with Crippen molar-refractivity contribution >= 4 is 23.9 Å². The highest BCUT2D eigenvalue weighted by Gasteiger charge is 2.24. The van der Waals surface area contributed by atoms with Gasteiger partial charge < -0.3 is 43.4 Å². The van der Waals surface area contributed by atoms with Crippen LogP contribution in [0.4, 0.5) is 0 Å². The Balaban J connectivity index is 1.92. The number of aromatic hydroxyl groups is 1. The van der Waals surface area contributed by atoms with Gasteiger partial charge >= 0.3 is 23.9 Å². The summed E-state index contributed by atoms with van der Waals surface area (Å²) in [7, 11) is 0. The highest BCUT2D eigenvalue weighted by Crippen LogP contribution is 2.32. The summed E-state index contributed by atoms with van der Waals surface area (Å²) in [6.07, 6.45) is 10.5. The van der Waals surface area contributed by atoms with Crippen LogP contribution in [0.1, 0.15) is 146 Å². The number of hydrogen-bond acceptors (Lipinski definition) is 13. The molecular formula is C40H58O13. The third kappa shape index (κ3) is 15.9. The van der Waals surface area contributed by atoms with E-state index >= 15 is 0 Å². The van der Waals surface area contributed by atoms with Gasteiger partial charge in [-0.15, -0.1) is 0 Å². The Labute approximate surface area is 313 Å². The van der Waals surface area contributed by atoms with Gasteiger partial charge in [0.15, 0.2) is 0 Å². The molecule has 0 spiro atoms. The molecule has 296 valence electrons. The summed E-state index contributed by atoms with van der Waals surface area (Å²) in [4.78, 5) is 50.4. The van der Waals surface area contributed by atoms with Crippen molar-refractivity contribution in [1.82, 2.24) is 0 Å². The minimum atomic E-state index is -0.722. The second kappa shape index (κ2) is 26.3. The third-order valence-electron chi connectivity index (χ3n) is 8.02. The number of carbonyl (C=O) groups excluding carboxylic acids is 4. The van der Waals surface area contributed by atoms with Crippen LogP contribution in [0.5, 0.6) is 23.0 Å². The Kier molecular flexibility index (Phi) is 22.1. The lowest BCUT2D eigenvalue weighted by molar-refractivity contribution is 0.0503. The van der Waals surface area contributed by atoms with Gasteiger partial charge in [-0.2, -0.15) is 0 Å². The lowest BCUT2D eigenvalue weighted by atomic mass is 10.1. The van der Waals surface area contributed by atoms with Gasteiger partial charge in [-0.3, -0.25) is 0 Å². The van der Waals surface area contributed by atoms with E-state index in [2.05, 4.69) is 0 Å². The summed E-state index contributed by atoms with van der Waals surface area (Å²) in [5.41, 5.74) is 0.282. The van der Waals surface area contributed by atoms with Crippen molar-refractivity contribution in [2.24, 2.45) is 0 Å². The molecule has 0 radical (unpaired) electrons. The number of phenolic OH excluding ortho intramolecular Hbond substituents is 1. The predicted octanol–water partition coefficient (Wildman–Crippen LogP) is 7.61. The molecule has 2 aromatic rings. The molecule has 0 unspecified atom stereocenters. The summed E-state index contributed by atoms with van der Waals surface area (Å²) in [5, 5.41) is 19.2.